The molecule has 1 aromatic carbocycles. The number of halogens is 3. The molecule has 6 heteroatoms. The predicted octanol–water partition coefficient (Wildman–Crippen LogP) is 5.15. The molecule has 0 unspecified atom stereocenters. The third-order valence-corrected chi connectivity index (χ3v) is 3.59. The lowest BCUT2D eigenvalue weighted by atomic mass is 10.1. The van der Waals surface area contributed by atoms with Crippen LogP contribution in [0.2, 0.25) is 0 Å². The van der Waals surface area contributed by atoms with Crippen LogP contribution in [0, 0.1) is 10.7 Å². The molecule has 0 aliphatic carbocycles. The Kier molecular flexibility index (Phi) is 4.22. The molecule has 2 aromatic rings. The maximum Gasteiger partial charge on any atom is 0.416 e. The van der Waals surface area contributed by atoms with Crippen LogP contribution in [0.15, 0.2) is 18.2 Å². The lowest BCUT2D eigenvalue weighted by Crippen LogP contribution is -2.04. The summed E-state index contributed by atoms with van der Waals surface area (Å²) in [5, 5.41) is 0. The van der Waals surface area contributed by atoms with Crippen LogP contribution < -0.4 is 0 Å². The molecule has 0 spiro atoms. The lowest BCUT2D eigenvalue weighted by molar-refractivity contribution is -0.137. The minimum Gasteiger partial charge on any atom is -0.331 e. The highest BCUT2D eigenvalue weighted by Gasteiger charge is 2.30. The van der Waals surface area contributed by atoms with Gasteiger partial charge in [-0.3, -0.25) is 0 Å². The summed E-state index contributed by atoms with van der Waals surface area (Å²) in [6.45, 7) is 5.01. The Morgan fingerprint density at radius 1 is 1.30 bits per heavy atom. The van der Waals surface area contributed by atoms with Gasteiger partial charge in [-0.2, -0.15) is 13.2 Å². The summed E-state index contributed by atoms with van der Waals surface area (Å²) in [6.07, 6.45) is -2.31. The highest BCUT2D eigenvalue weighted by atomic mass is 32.1. The second-order valence-electron chi connectivity index (χ2n) is 5.35. The fourth-order valence-electron chi connectivity index (χ4n) is 2.22. The van der Waals surface area contributed by atoms with Crippen molar-refractivity contribution in [3.05, 3.63) is 28.5 Å². The van der Waals surface area contributed by atoms with Crippen molar-refractivity contribution in [2.45, 2.75) is 39.4 Å². The first kappa shape index (κ1) is 15.1. The van der Waals surface area contributed by atoms with Crippen molar-refractivity contribution in [2.75, 3.05) is 0 Å². The summed E-state index contributed by atoms with van der Waals surface area (Å²) in [5.41, 5.74) is 0.511. The molecular formula is C14H17F3N2S. The smallest absolute Gasteiger partial charge is 0.331 e. The summed E-state index contributed by atoms with van der Waals surface area (Å²) < 4.78 is 40.3. The Labute approximate surface area is 120 Å². The zero-order valence-electron chi connectivity index (χ0n) is 11.4. The standard InChI is InChI=1S/C14H17F3N2S/c1-9(2)4-3-7-19-12-6-5-10(14(15,16)17)8-11(12)18-13(19)20/h5-6,8-9H,3-4,7H2,1-2H3,(H,18,20). The van der Waals surface area contributed by atoms with Gasteiger partial charge in [0.25, 0.3) is 0 Å². The van der Waals surface area contributed by atoms with Crippen LogP contribution in [0.3, 0.4) is 0 Å². The topological polar surface area (TPSA) is 20.7 Å². The lowest BCUT2D eigenvalue weighted by Gasteiger charge is -2.08. The first-order valence-electron chi connectivity index (χ1n) is 6.59. The molecule has 1 aromatic heterocycles. The second-order valence-corrected chi connectivity index (χ2v) is 5.73. The molecule has 0 amide bonds. The van der Waals surface area contributed by atoms with E-state index in [4.69, 9.17) is 12.2 Å². The summed E-state index contributed by atoms with van der Waals surface area (Å²) in [5.74, 6) is 0.603. The fourth-order valence-corrected chi connectivity index (χ4v) is 2.52. The van der Waals surface area contributed by atoms with Crippen molar-refractivity contribution in [2.24, 2.45) is 5.92 Å². The minimum absolute atomic E-state index is 0.439. The van der Waals surface area contributed by atoms with E-state index in [1.54, 1.807) is 0 Å². The van der Waals surface area contributed by atoms with Crippen molar-refractivity contribution >= 4 is 23.3 Å². The molecule has 1 heterocycles. The zero-order valence-corrected chi connectivity index (χ0v) is 12.2. The number of alkyl halides is 3. The Morgan fingerprint density at radius 3 is 2.60 bits per heavy atom. The predicted molar refractivity (Wildman–Crippen MR) is 76.2 cm³/mol. The Balaban J connectivity index is 2.33. The molecule has 0 fully saturated rings. The molecule has 2 rings (SSSR count). The SMILES string of the molecule is CC(C)CCCn1c(=S)[nH]c2cc(C(F)(F)F)ccc21. The minimum atomic E-state index is -4.33. The van der Waals surface area contributed by atoms with Crippen molar-refractivity contribution in [1.29, 1.82) is 0 Å². The van der Waals surface area contributed by atoms with Crippen molar-refractivity contribution < 1.29 is 13.2 Å². The van der Waals surface area contributed by atoms with Crippen molar-refractivity contribution in [3.8, 4) is 0 Å². The number of aryl methyl sites for hydroxylation is 1. The Morgan fingerprint density at radius 2 is 2.00 bits per heavy atom. The molecule has 0 saturated carbocycles. The monoisotopic (exact) mass is 302 g/mol. The van der Waals surface area contributed by atoms with E-state index in [0.29, 0.717) is 16.2 Å². The van der Waals surface area contributed by atoms with E-state index < -0.39 is 11.7 Å². The molecule has 2 nitrogen and oxygen atoms in total. The molecule has 110 valence electrons. The van der Waals surface area contributed by atoms with E-state index in [9.17, 15) is 13.2 Å². The molecule has 0 saturated heterocycles. The third-order valence-electron chi connectivity index (χ3n) is 3.26. The first-order chi connectivity index (χ1) is 9.29. The summed E-state index contributed by atoms with van der Waals surface area (Å²) in [7, 11) is 0. The van der Waals surface area contributed by atoms with Gasteiger partial charge in [0, 0.05) is 6.54 Å². The van der Waals surface area contributed by atoms with Crippen LogP contribution in [0.5, 0.6) is 0 Å². The van der Waals surface area contributed by atoms with Crippen LogP contribution in [0.4, 0.5) is 13.2 Å². The highest BCUT2D eigenvalue weighted by Crippen LogP contribution is 2.31. The number of hydrogen-bond donors (Lipinski definition) is 1. The summed E-state index contributed by atoms with van der Waals surface area (Å²) in [4.78, 5) is 2.86. The van der Waals surface area contributed by atoms with Crippen LogP contribution in [-0.4, -0.2) is 9.55 Å². The largest absolute Gasteiger partial charge is 0.416 e. The molecule has 1 N–H and O–H groups in total. The van der Waals surface area contributed by atoms with E-state index in [-0.39, 0.29) is 0 Å². The number of aromatic nitrogens is 2. The maximum absolute atomic E-state index is 12.7. The third kappa shape index (κ3) is 3.23. The average molecular weight is 302 g/mol. The Bertz CT molecular complexity index is 652. The first-order valence-corrected chi connectivity index (χ1v) is 6.99. The van der Waals surface area contributed by atoms with Gasteiger partial charge in [-0.1, -0.05) is 13.8 Å². The number of H-pyrrole nitrogens is 1. The molecule has 0 aliphatic rings. The molecule has 0 aliphatic heterocycles. The average Bonchev–Trinajstić information content (AvgIpc) is 2.63. The van der Waals surface area contributed by atoms with Gasteiger partial charge in [-0.25, -0.2) is 0 Å². The van der Waals surface area contributed by atoms with Gasteiger partial charge in [0.2, 0.25) is 0 Å². The molecular weight excluding hydrogens is 285 g/mol. The highest BCUT2D eigenvalue weighted by molar-refractivity contribution is 7.71. The summed E-state index contributed by atoms with van der Waals surface area (Å²) >= 11 is 5.19. The quantitative estimate of drug-likeness (QED) is 0.774. The normalized spacial score (nSPS) is 12.5. The van der Waals surface area contributed by atoms with E-state index in [0.717, 1.165) is 37.0 Å². The van der Waals surface area contributed by atoms with Gasteiger partial charge in [-0.15, -0.1) is 0 Å². The van der Waals surface area contributed by atoms with Crippen LogP contribution in [0.1, 0.15) is 32.3 Å². The van der Waals surface area contributed by atoms with Crippen LogP contribution in [-0.2, 0) is 12.7 Å². The molecule has 20 heavy (non-hydrogen) atoms. The zero-order chi connectivity index (χ0) is 14.9. The molecule has 0 atom stereocenters. The number of aromatic amines is 1. The van der Waals surface area contributed by atoms with Gasteiger partial charge >= 0.3 is 6.18 Å². The van der Waals surface area contributed by atoms with Gasteiger partial charge < -0.3 is 9.55 Å². The fraction of sp³-hybridized carbons (Fsp3) is 0.500. The number of fused-ring (bicyclic) bond motifs is 1. The number of benzene rings is 1. The van der Waals surface area contributed by atoms with Gasteiger partial charge in [0.05, 0.1) is 16.6 Å². The summed E-state index contributed by atoms with van der Waals surface area (Å²) in [6, 6.07) is 3.70. The van der Waals surface area contributed by atoms with E-state index in [2.05, 4.69) is 18.8 Å². The van der Waals surface area contributed by atoms with E-state index >= 15 is 0 Å². The number of nitrogens with one attached hydrogen (secondary N) is 1. The maximum atomic E-state index is 12.7. The van der Waals surface area contributed by atoms with Gasteiger partial charge in [0.15, 0.2) is 4.77 Å². The second kappa shape index (κ2) is 5.60. The van der Waals surface area contributed by atoms with Gasteiger partial charge in [0.1, 0.15) is 0 Å². The number of imidazole rings is 1. The van der Waals surface area contributed by atoms with E-state index in [1.807, 2.05) is 4.57 Å². The van der Waals surface area contributed by atoms with Crippen LogP contribution in [0.25, 0.3) is 11.0 Å². The Hall–Kier alpha value is -1.30. The molecule has 0 bridgehead atoms. The number of hydrogen-bond acceptors (Lipinski definition) is 1. The van der Waals surface area contributed by atoms with Gasteiger partial charge in [-0.05, 0) is 49.2 Å². The van der Waals surface area contributed by atoms with E-state index in [1.165, 1.54) is 6.07 Å². The number of rotatable bonds is 4. The van der Waals surface area contributed by atoms with Crippen molar-refractivity contribution in [1.82, 2.24) is 9.55 Å². The number of nitrogens with zero attached hydrogens (tertiary/aromatic N) is 1. The van der Waals surface area contributed by atoms with Crippen LogP contribution >= 0.6 is 12.2 Å². The molecule has 0 radical (unpaired) electrons. The van der Waals surface area contributed by atoms with Crippen molar-refractivity contribution in [3.63, 3.8) is 0 Å².